The van der Waals surface area contributed by atoms with Crippen LogP contribution in [0.15, 0.2) is 47.2 Å². The number of ether oxygens (including phenoxy) is 3. The first-order valence-electron chi connectivity index (χ1n) is 8.09. The molecule has 4 rings (SSSR count). The summed E-state index contributed by atoms with van der Waals surface area (Å²) in [6, 6.07) is 11.7. The molecule has 8 heteroatoms. The van der Waals surface area contributed by atoms with Crippen LogP contribution >= 0.6 is 11.3 Å². The van der Waals surface area contributed by atoms with E-state index in [9.17, 15) is 5.26 Å². The van der Waals surface area contributed by atoms with Crippen LogP contribution in [0, 0.1) is 11.3 Å². The molecule has 0 unspecified atom stereocenters. The van der Waals surface area contributed by atoms with Gasteiger partial charge < -0.3 is 19.9 Å². The van der Waals surface area contributed by atoms with Crippen LogP contribution in [0.25, 0.3) is 10.6 Å². The van der Waals surface area contributed by atoms with E-state index in [0.717, 1.165) is 21.7 Å². The van der Waals surface area contributed by atoms with Crippen molar-refractivity contribution in [1.82, 2.24) is 10.2 Å². The fourth-order valence-electron chi connectivity index (χ4n) is 3.22. The minimum atomic E-state index is -0.436. The molecule has 2 aromatic heterocycles. The molecule has 136 valence electrons. The zero-order valence-electron chi connectivity index (χ0n) is 14.6. The van der Waals surface area contributed by atoms with Crippen molar-refractivity contribution in [1.29, 1.82) is 5.26 Å². The zero-order chi connectivity index (χ0) is 19.0. The number of nitrogens with two attached hydrogens (primary N) is 1. The van der Waals surface area contributed by atoms with E-state index in [-0.39, 0.29) is 5.88 Å². The zero-order valence-corrected chi connectivity index (χ0v) is 15.5. The molecule has 0 spiro atoms. The van der Waals surface area contributed by atoms with Crippen molar-refractivity contribution in [2.45, 2.75) is 5.92 Å². The normalized spacial score (nSPS) is 15.7. The lowest BCUT2D eigenvalue weighted by atomic mass is 9.83. The Hall–Kier alpha value is -3.44. The number of hydrogen-bond donors (Lipinski definition) is 2. The van der Waals surface area contributed by atoms with Crippen LogP contribution in [0.1, 0.15) is 17.0 Å². The van der Waals surface area contributed by atoms with Gasteiger partial charge in [0, 0.05) is 0 Å². The van der Waals surface area contributed by atoms with Crippen LogP contribution in [-0.4, -0.2) is 24.4 Å². The number of rotatable bonds is 4. The van der Waals surface area contributed by atoms with Gasteiger partial charge in [0.2, 0.25) is 11.8 Å². The Labute approximate surface area is 159 Å². The Bertz CT molecular complexity index is 1060. The van der Waals surface area contributed by atoms with E-state index in [1.165, 1.54) is 0 Å². The molecule has 1 aromatic carbocycles. The largest absolute Gasteiger partial charge is 0.493 e. The van der Waals surface area contributed by atoms with Gasteiger partial charge in [0.05, 0.1) is 36.3 Å². The Balaban J connectivity index is 1.94. The molecule has 0 aliphatic carbocycles. The molecule has 0 saturated carbocycles. The van der Waals surface area contributed by atoms with Crippen molar-refractivity contribution >= 4 is 11.3 Å². The predicted octanol–water partition coefficient (Wildman–Crippen LogP) is 3.37. The number of fused-ring (bicyclic) bond motifs is 1. The molecule has 1 atom stereocenters. The fourth-order valence-corrected chi connectivity index (χ4v) is 3.95. The molecule has 3 aromatic rings. The second-order valence-corrected chi connectivity index (χ2v) is 6.78. The summed E-state index contributed by atoms with van der Waals surface area (Å²) in [6.07, 6.45) is 0. The highest BCUT2D eigenvalue weighted by Gasteiger charge is 2.36. The molecule has 0 bridgehead atoms. The number of hydrogen-bond acceptors (Lipinski definition) is 7. The molecule has 1 aliphatic rings. The van der Waals surface area contributed by atoms with Crippen LogP contribution in [0.4, 0.5) is 0 Å². The number of nitrogens with zero attached hydrogens (tertiary/aromatic N) is 2. The lowest BCUT2D eigenvalue weighted by Gasteiger charge is -2.24. The first-order valence-corrected chi connectivity index (χ1v) is 8.97. The number of aromatic nitrogens is 2. The number of benzene rings is 1. The molecule has 7 nitrogen and oxygen atoms in total. The molecule has 1 aliphatic heterocycles. The van der Waals surface area contributed by atoms with Crippen LogP contribution in [0.2, 0.25) is 0 Å². The summed E-state index contributed by atoms with van der Waals surface area (Å²) in [4.78, 5) is 0.996. The van der Waals surface area contributed by atoms with E-state index in [4.69, 9.17) is 19.9 Å². The average Bonchev–Trinajstić information content (AvgIpc) is 3.35. The molecule has 27 heavy (non-hydrogen) atoms. The molecule has 0 saturated heterocycles. The van der Waals surface area contributed by atoms with E-state index in [1.54, 1.807) is 31.6 Å². The Morgan fingerprint density at radius 3 is 2.74 bits per heavy atom. The van der Waals surface area contributed by atoms with Gasteiger partial charge in [-0.15, -0.1) is 16.4 Å². The summed E-state index contributed by atoms with van der Waals surface area (Å²) >= 11 is 1.57. The van der Waals surface area contributed by atoms with Crippen LogP contribution in [0.3, 0.4) is 0 Å². The first-order chi connectivity index (χ1) is 13.2. The van der Waals surface area contributed by atoms with Crippen LogP contribution in [0.5, 0.6) is 17.4 Å². The summed E-state index contributed by atoms with van der Waals surface area (Å²) in [5, 5.41) is 19.0. The summed E-state index contributed by atoms with van der Waals surface area (Å²) in [5.41, 5.74) is 8.75. The van der Waals surface area contributed by atoms with Gasteiger partial charge >= 0.3 is 0 Å². The third-order valence-corrected chi connectivity index (χ3v) is 5.33. The third-order valence-electron chi connectivity index (χ3n) is 4.45. The second-order valence-electron chi connectivity index (χ2n) is 5.83. The van der Waals surface area contributed by atoms with Crippen LogP contribution in [-0.2, 0) is 0 Å². The average molecular weight is 380 g/mol. The van der Waals surface area contributed by atoms with E-state index in [2.05, 4.69) is 16.3 Å². The summed E-state index contributed by atoms with van der Waals surface area (Å²) in [5.74, 6) is 1.16. The summed E-state index contributed by atoms with van der Waals surface area (Å²) in [7, 11) is 3.15. The van der Waals surface area contributed by atoms with Crippen molar-refractivity contribution in [3.8, 4) is 34.0 Å². The van der Waals surface area contributed by atoms with E-state index >= 15 is 0 Å². The van der Waals surface area contributed by atoms with E-state index in [0.29, 0.717) is 23.0 Å². The van der Waals surface area contributed by atoms with Gasteiger partial charge in [-0.05, 0) is 29.1 Å². The molecule has 3 N–H and O–H groups in total. The summed E-state index contributed by atoms with van der Waals surface area (Å²) in [6.45, 7) is 0. The smallest absolute Gasteiger partial charge is 0.244 e. The van der Waals surface area contributed by atoms with E-state index < -0.39 is 5.92 Å². The van der Waals surface area contributed by atoms with Gasteiger partial charge in [-0.25, -0.2) is 0 Å². The Kier molecular flexibility index (Phi) is 4.22. The van der Waals surface area contributed by atoms with Crippen LogP contribution < -0.4 is 19.9 Å². The number of methoxy groups -OCH3 is 2. The molecule has 0 radical (unpaired) electrons. The predicted molar refractivity (Wildman–Crippen MR) is 101 cm³/mol. The van der Waals surface area contributed by atoms with Gasteiger partial charge in [-0.2, -0.15) is 5.26 Å². The minimum Gasteiger partial charge on any atom is -0.493 e. The molecule has 0 fully saturated rings. The van der Waals surface area contributed by atoms with Crippen molar-refractivity contribution in [2.75, 3.05) is 14.2 Å². The van der Waals surface area contributed by atoms with Crippen molar-refractivity contribution in [3.63, 3.8) is 0 Å². The monoisotopic (exact) mass is 380 g/mol. The number of nitrogens with one attached hydrogen (secondary N) is 1. The molecular formula is C19H16N4O3S. The highest BCUT2D eigenvalue weighted by atomic mass is 32.1. The maximum Gasteiger partial charge on any atom is 0.244 e. The van der Waals surface area contributed by atoms with E-state index in [1.807, 2.05) is 29.6 Å². The minimum absolute atomic E-state index is 0.0500. The Morgan fingerprint density at radius 1 is 1.26 bits per heavy atom. The van der Waals surface area contributed by atoms with Gasteiger partial charge in [-0.3, -0.25) is 5.10 Å². The van der Waals surface area contributed by atoms with Gasteiger partial charge in [0.25, 0.3) is 0 Å². The SMILES string of the molecule is COc1ccc([C@H]2C(C#N)=C(N)Oc3n[nH]c(-c4cccs4)c32)cc1OC. The molecule has 3 heterocycles. The number of H-pyrrole nitrogens is 1. The maximum atomic E-state index is 9.75. The maximum absolute atomic E-state index is 9.75. The quantitative estimate of drug-likeness (QED) is 0.719. The fraction of sp³-hybridized carbons (Fsp3) is 0.158. The lowest BCUT2D eigenvalue weighted by Crippen LogP contribution is -2.21. The van der Waals surface area contributed by atoms with Crippen molar-refractivity contribution in [3.05, 3.63) is 58.3 Å². The molecule has 0 amide bonds. The van der Waals surface area contributed by atoms with Crippen molar-refractivity contribution in [2.24, 2.45) is 5.73 Å². The number of aromatic amines is 1. The van der Waals surface area contributed by atoms with Crippen molar-refractivity contribution < 1.29 is 14.2 Å². The van der Waals surface area contributed by atoms with Gasteiger partial charge in [-0.1, -0.05) is 12.1 Å². The third kappa shape index (κ3) is 2.69. The number of nitriles is 1. The number of allylic oxidation sites excluding steroid dienone is 1. The van der Waals surface area contributed by atoms with Gasteiger partial charge in [0.1, 0.15) is 11.6 Å². The highest BCUT2D eigenvalue weighted by molar-refractivity contribution is 7.13. The van der Waals surface area contributed by atoms with Gasteiger partial charge in [0.15, 0.2) is 11.5 Å². The lowest BCUT2D eigenvalue weighted by molar-refractivity contribution is 0.354. The molecular weight excluding hydrogens is 364 g/mol. The topological polar surface area (TPSA) is 106 Å². The first kappa shape index (κ1) is 17.0. The second kappa shape index (κ2) is 6.70. The Morgan fingerprint density at radius 2 is 2.07 bits per heavy atom. The highest BCUT2D eigenvalue weighted by Crippen LogP contribution is 2.47. The number of thiophene rings is 1. The standard InChI is InChI=1S/C19H16N4O3S/c1-24-12-6-5-10(8-13(12)25-2)15-11(9-20)18(21)26-19-16(15)17(22-23-19)14-4-3-7-27-14/h3-8,15H,21H2,1-2H3,(H,22,23)/t15-/m0/s1. The summed E-state index contributed by atoms with van der Waals surface area (Å²) < 4.78 is 16.4.